The molecule has 0 atom stereocenters. The van der Waals surface area contributed by atoms with Crippen LogP contribution in [0.4, 0.5) is 5.69 Å². The van der Waals surface area contributed by atoms with Gasteiger partial charge in [-0.3, -0.25) is 9.10 Å². The van der Waals surface area contributed by atoms with E-state index in [9.17, 15) is 13.2 Å². The number of nitrogens with zero attached hydrogens (tertiary/aromatic N) is 2. The number of rotatable bonds is 7. The first-order valence-corrected chi connectivity index (χ1v) is 11.1. The molecule has 0 N–H and O–H groups in total. The second-order valence-electron chi connectivity index (χ2n) is 6.64. The fraction of sp³-hybridized carbons (Fsp3) is 0.286. The van der Waals surface area contributed by atoms with E-state index in [4.69, 9.17) is 16.3 Å². The van der Waals surface area contributed by atoms with Gasteiger partial charge in [0.15, 0.2) is 0 Å². The van der Waals surface area contributed by atoms with Gasteiger partial charge in [0, 0.05) is 13.1 Å². The molecule has 6 nitrogen and oxygen atoms in total. The van der Waals surface area contributed by atoms with Crippen LogP contribution in [0.15, 0.2) is 60.0 Å². The first-order chi connectivity index (χ1) is 13.9. The molecule has 0 aliphatic carbocycles. The standard InChI is InChI=1S/C21H23ClN2O4S/c1-3-12-24(19-8-4-5-9-20(19)28-2)29(26,27)16-10-11-18(22)17(15-16)21(25)23-13-6-7-14-23/h3-5,8-11,15H,1,6-7,12-14H2,2H3. The van der Waals surface area contributed by atoms with Gasteiger partial charge in [-0.25, -0.2) is 8.42 Å². The molecular formula is C21H23ClN2O4S. The van der Waals surface area contributed by atoms with E-state index >= 15 is 0 Å². The van der Waals surface area contributed by atoms with E-state index in [0.29, 0.717) is 24.5 Å². The number of sulfonamides is 1. The molecule has 3 rings (SSSR count). The maximum absolute atomic E-state index is 13.5. The van der Waals surface area contributed by atoms with Crippen molar-refractivity contribution in [2.45, 2.75) is 17.7 Å². The normalized spacial score (nSPS) is 13.9. The number of carbonyl (C=O) groups is 1. The molecule has 1 heterocycles. The van der Waals surface area contributed by atoms with Crippen molar-refractivity contribution in [1.29, 1.82) is 0 Å². The summed E-state index contributed by atoms with van der Waals surface area (Å²) in [5.41, 5.74) is 0.575. The van der Waals surface area contributed by atoms with Crippen LogP contribution in [0.1, 0.15) is 23.2 Å². The molecule has 29 heavy (non-hydrogen) atoms. The van der Waals surface area contributed by atoms with E-state index < -0.39 is 10.0 Å². The second-order valence-corrected chi connectivity index (χ2v) is 8.91. The summed E-state index contributed by atoms with van der Waals surface area (Å²) in [6.45, 7) is 5.01. The Balaban J connectivity index is 2.06. The lowest BCUT2D eigenvalue weighted by Crippen LogP contribution is -2.32. The Morgan fingerprint density at radius 2 is 1.93 bits per heavy atom. The van der Waals surface area contributed by atoms with Gasteiger partial charge in [0.1, 0.15) is 5.75 Å². The molecule has 1 saturated heterocycles. The molecular weight excluding hydrogens is 412 g/mol. The number of carbonyl (C=O) groups excluding carboxylic acids is 1. The van der Waals surface area contributed by atoms with E-state index in [1.54, 1.807) is 29.2 Å². The quantitative estimate of drug-likeness (QED) is 0.618. The van der Waals surface area contributed by atoms with Gasteiger partial charge in [-0.2, -0.15) is 0 Å². The highest BCUT2D eigenvalue weighted by molar-refractivity contribution is 7.92. The lowest BCUT2D eigenvalue weighted by atomic mass is 10.2. The van der Waals surface area contributed by atoms with Crippen LogP contribution in [-0.2, 0) is 10.0 Å². The average Bonchev–Trinajstić information content (AvgIpc) is 3.26. The van der Waals surface area contributed by atoms with Gasteiger partial charge in [0.05, 0.1) is 34.8 Å². The summed E-state index contributed by atoms with van der Waals surface area (Å²) in [7, 11) is -2.51. The third-order valence-electron chi connectivity index (χ3n) is 4.80. The van der Waals surface area contributed by atoms with Gasteiger partial charge in [-0.1, -0.05) is 29.8 Å². The molecule has 1 fully saturated rings. The van der Waals surface area contributed by atoms with Crippen molar-refractivity contribution in [3.8, 4) is 5.75 Å². The van der Waals surface area contributed by atoms with Crippen molar-refractivity contribution >= 4 is 33.2 Å². The third-order valence-corrected chi connectivity index (χ3v) is 6.90. The number of amides is 1. The summed E-state index contributed by atoms with van der Waals surface area (Å²) < 4.78 is 33.4. The molecule has 0 saturated carbocycles. The van der Waals surface area contributed by atoms with Crippen LogP contribution in [0.5, 0.6) is 5.75 Å². The molecule has 1 aliphatic rings. The van der Waals surface area contributed by atoms with E-state index in [1.165, 1.54) is 35.7 Å². The van der Waals surface area contributed by atoms with Crippen molar-refractivity contribution in [3.05, 3.63) is 65.7 Å². The summed E-state index contributed by atoms with van der Waals surface area (Å²) in [4.78, 5) is 14.5. The molecule has 1 amide bonds. The molecule has 8 heteroatoms. The van der Waals surface area contributed by atoms with Gasteiger partial charge in [-0.15, -0.1) is 6.58 Å². The molecule has 0 radical (unpaired) electrons. The zero-order valence-corrected chi connectivity index (χ0v) is 17.7. The molecule has 154 valence electrons. The number of hydrogen-bond acceptors (Lipinski definition) is 4. The van der Waals surface area contributed by atoms with Crippen molar-refractivity contribution in [2.24, 2.45) is 0 Å². The Morgan fingerprint density at radius 1 is 1.24 bits per heavy atom. The smallest absolute Gasteiger partial charge is 0.264 e. The largest absolute Gasteiger partial charge is 0.495 e. The highest BCUT2D eigenvalue weighted by Gasteiger charge is 2.29. The second kappa shape index (κ2) is 8.88. The first-order valence-electron chi connectivity index (χ1n) is 9.25. The van der Waals surface area contributed by atoms with Crippen molar-refractivity contribution < 1.29 is 17.9 Å². The highest BCUT2D eigenvalue weighted by Crippen LogP contribution is 2.33. The van der Waals surface area contributed by atoms with Crippen LogP contribution >= 0.6 is 11.6 Å². The fourth-order valence-electron chi connectivity index (χ4n) is 3.33. The van der Waals surface area contributed by atoms with Gasteiger partial charge < -0.3 is 9.64 Å². The Morgan fingerprint density at radius 3 is 2.59 bits per heavy atom. The predicted octanol–water partition coefficient (Wildman–Crippen LogP) is 3.97. The maximum Gasteiger partial charge on any atom is 0.264 e. The van der Waals surface area contributed by atoms with Crippen LogP contribution in [0, 0.1) is 0 Å². The molecule has 0 spiro atoms. The molecule has 0 aromatic heterocycles. The topological polar surface area (TPSA) is 66.9 Å². The van der Waals surface area contributed by atoms with Gasteiger partial charge >= 0.3 is 0 Å². The summed E-state index contributed by atoms with van der Waals surface area (Å²) in [6.07, 6.45) is 3.36. The summed E-state index contributed by atoms with van der Waals surface area (Å²) in [6, 6.07) is 11.0. The molecule has 0 unspecified atom stereocenters. The molecule has 2 aromatic carbocycles. The molecule has 0 bridgehead atoms. The average molecular weight is 435 g/mol. The number of methoxy groups -OCH3 is 1. The minimum absolute atomic E-state index is 0.0165. The number of ether oxygens (including phenoxy) is 1. The number of benzene rings is 2. The van der Waals surface area contributed by atoms with E-state index in [2.05, 4.69) is 6.58 Å². The van der Waals surface area contributed by atoms with Crippen molar-refractivity contribution in [3.63, 3.8) is 0 Å². The van der Waals surface area contributed by atoms with Gasteiger partial charge in [-0.05, 0) is 43.2 Å². The zero-order valence-electron chi connectivity index (χ0n) is 16.2. The number of hydrogen-bond donors (Lipinski definition) is 0. The SMILES string of the molecule is C=CCN(c1ccccc1OC)S(=O)(=O)c1ccc(Cl)c(C(=O)N2CCCC2)c1. The Labute approximate surface area is 176 Å². The molecule has 1 aliphatic heterocycles. The van der Waals surface area contributed by atoms with Gasteiger partial charge in [0.25, 0.3) is 15.9 Å². The zero-order chi connectivity index (χ0) is 21.0. The third kappa shape index (κ3) is 4.26. The maximum atomic E-state index is 13.5. The first kappa shape index (κ1) is 21.2. The Bertz CT molecular complexity index is 1020. The van der Waals surface area contributed by atoms with Crippen molar-refractivity contribution in [1.82, 2.24) is 4.90 Å². The predicted molar refractivity (Wildman–Crippen MR) is 114 cm³/mol. The lowest BCUT2D eigenvalue weighted by molar-refractivity contribution is 0.0792. The van der Waals surface area contributed by atoms with Crippen molar-refractivity contribution in [2.75, 3.05) is 31.0 Å². The van der Waals surface area contributed by atoms with E-state index in [1.807, 2.05) is 0 Å². The minimum Gasteiger partial charge on any atom is -0.495 e. The van der Waals surface area contributed by atoms with Crippen LogP contribution in [0.25, 0.3) is 0 Å². The monoisotopic (exact) mass is 434 g/mol. The Hall–Kier alpha value is -2.51. The summed E-state index contributed by atoms with van der Waals surface area (Å²) >= 11 is 6.23. The van der Waals surface area contributed by atoms with E-state index in [0.717, 1.165) is 12.8 Å². The highest BCUT2D eigenvalue weighted by atomic mass is 35.5. The number of likely N-dealkylation sites (tertiary alicyclic amines) is 1. The van der Waals surface area contributed by atoms with E-state index in [-0.39, 0.29) is 27.9 Å². The van der Waals surface area contributed by atoms with Crippen LogP contribution < -0.4 is 9.04 Å². The van der Waals surface area contributed by atoms with Crippen LogP contribution in [0.3, 0.4) is 0 Å². The number of para-hydroxylation sites is 2. The van der Waals surface area contributed by atoms with Crippen LogP contribution in [-0.4, -0.2) is 46.0 Å². The summed E-state index contributed by atoms with van der Waals surface area (Å²) in [5.74, 6) is 0.164. The lowest BCUT2D eigenvalue weighted by Gasteiger charge is -2.25. The number of halogens is 1. The summed E-state index contributed by atoms with van der Waals surface area (Å²) in [5, 5.41) is 0.230. The molecule has 2 aromatic rings. The Kier molecular flexibility index (Phi) is 6.49. The minimum atomic E-state index is -3.99. The van der Waals surface area contributed by atoms with Crippen LogP contribution in [0.2, 0.25) is 5.02 Å². The number of anilines is 1. The fourth-order valence-corrected chi connectivity index (χ4v) is 5.00. The van der Waals surface area contributed by atoms with Gasteiger partial charge in [0.2, 0.25) is 0 Å².